The van der Waals surface area contributed by atoms with Crippen molar-refractivity contribution in [3.8, 4) is 5.75 Å². The highest BCUT2D eigenvalue weighted by Crippen LogP contribution is 2.24. The summed E-state index contributed by atoms with van der Waals surface area (Å²) in [6.45, 7) is 0.405. The molecule has 1 amide bonds. The third kappa shape index (κ3) is 5.90. The summed E-state index contributed by atoms with van der Waals surface area (Å²) in [4.78, 5) is 22.0. The van der Waals surface area contributed by atoms with Crippen LogP contribution in [0.5, 0.6) is 5.75 Å². The number of carboxylic acids is 1. The fraction of sp³-hybridized carbons (Fsp3) is 0.294. The summed E-state index contributed by atoms with van der Waals surface area (Å²) < 4.78 is 6.50. The van der Waals surface area contributed by atoms with E-state index >= 15 is 0 Å². The van der Waals surface area contributed by atoms with Crippen molar-refractivity contribution in [1.82, 2.24) is 5.32 Å². The van der Waals surface area contributed by atoms with Crippen molar-refractivity contribution in [2.24, 2.45) is 0 Å². The molecule has 0 unspecified atom stereocenters. The Labute approximate surface area is 142 Å². The van der Waals surface area contributed by atoms with Crippen molar-refractivity contribution in [2.75, 3.05) is 13.2 Å². The molecule has 6 heteroatoms. The Bertz CT molecular complexity index is 702. The fourth-order valence-electron chi connectivity index (χ4n) is 2.11. The number of ether oxygens (including phenoxy) is 1. The molecule has 122 valence electrons. The summed E-state index contributed by atoms with van der Waals surface area (Å²) >= 11 is 3.43. The summed E-state index contributed by atoms with van der Waals surface area (Å²) in [6, 6.07) is 11.6. The third-order valence-corrected chi connectivity index (χ3v) is 3.78. The summed E-state index contributed by atoms with van der Waals surface area (Å²) in [5.74, 6) is -0.389. The second kappa shape index (κ2) is 8.53. The number of halogens is 1. The number of carboxylic acid groups (broad SMARTS) is 1. The third-order valence-electron chi connectivity index (χ3n) is 3.28. The van der Waals surface area contributed by atoms with E-state index in [0.717, 1.165) is 15.2 Å². The molecule has 0 radical (unpaired) electrons. The van der Waals surface area contributed by atoms with Gasteiger partial charge in [-0.1, -0.05) is 28.1 Å². The molecule has 5 nitrogen and oxygen atoms in total. The van der Waals surface area contributed by atoms with Crippen LogP contribution in [-0.4, -0.2) is 30.1 Å². The van der Waals surface area contributed by atoms with Crippen LogP contribution in [0.3, 0.4) is 0 Å². The van der Waals surface area contributed by atoms with E-state index in [9.17, 15) is 9.59 Å². The van der Waals surface area contributed by atoms with Crippen molar-refractivity contribution in [2.45, 2.75) is 19.3 Å². The Hall–Kier alpha value is -2.08. The molecule has 0 aliphatic carbocycles. The van der Waals surface area contributed by atoms with Crippen LogP contribution in [-0.2, 0) is 9.59 Å². The predicted octanol–water partition coefficient (Wildman–Crippen LogP) is 3.35. The molecule has 2 aromatic rings. The van der Waals surface area contributed by atoms with Gasteiger partial charge in [-0.05, 0) is 47.9 Å². The van der Waals surface area contributed by atoms with Gasteiger partial charge < -0.3 is 15.2 Å². The van der Waals surface area contributed by atoms with Crippen molar-refractivity contribution < 1.29 is 19.4 Å². The molecule has 2 N–H and O–H groups in total. The molecule has 2 aromatic carbocycles. The first-order valence-corrected chi connectivity index (χ1v) is 8.14. The van der Waals surface area contributed by atoms with Crippen LogP contribution in [0, 0.1) is 0 Å². The summed E-state index contributed by atoms with van der Waals surface area (Å²) in [7, 11) is 0. The molecule has 0 atom stereocenters. The van der Waals surface area contributed by atoms with Gasteiger partial charge in [0.25, 0.3) is 5.91 Å². The van der Waals surface area contributed by atoms with Gasteiger partial charge in [0.15, 0.2) is 6.61 Å². The second-order valence-corrected chi connectivity index (χ2v) is 6.06. The number of nitrogens with one attached hydrogen (secondary N) is 1. The van der Waals surface area contributed by atoms with E-state index in [2.05, 4.69) is 21.2 Å². The molecule has 23 heavy (non-hydrogen) atoms. The molecule has 0 fully saturated rings. The molecule has 0 saturated carbocycles. The quantitative estimate of drug-likeness (QED) is 0.689. The molecule has 0 bridgehead atoms. The monoisotopic (exact) mass is 379 g/mol. The van der Waals surface area contributed by atoms with Crippen molar-refractivity contribution in [3.05, 3.63) is 40.9 Å². The topological polar surface area (TPSA) is 75.6 Å². The maximum Gasteiger partial charge on any atom is 0.303 e. The van der Waals surface area contributed by atoms with E-state index in [1.54, 1.807) is 0 Å². The van der Waals surface area contributed by atoms with E-state index in [0.29, 0.717) is 25.1 Å². The summed E-state index contributed by atoms with van der Waals surface area (Å²) in [5.41, 5.74) is 0. The Morgan fingerprint density at radius 1 is 1.09 bits per heavy atom. The van der Waals surface area contributed by atoms with Crippen LogP contribution in [0.4, 0.5) is 0 Å². The molecule has 2 rings (SSSR count). The molecular weight excluding hydrogens is 362 g/mol. The first kappa shape index (κ1) is 17.3. The highest BCUT2D eigenvalue weighted by atomic mass is 79.9. The minimum absolute atomic E-state index is 0.0546. The Kier molecular flexibility index (Phi) is 6.40. The predicted molar refractivity (Wildman–Crippen MR) is 91.6 cm³/mol. The largest absolute Gasteiger partial charge is 0.484 e. The van der Waals surface area contributed by atoms with Crippen LogP contribution < -0.4 is 10.1 Å². The number of benzene rings is 2. The molecule has 0 heterocycles. The number of fused-ring (bicyclic) bond motifs is 1. The highest BCUT2D eigenvalue weighted by molar-refractivity contribution is 9.10. The van der Waals surface area contributed by atoms with E-state index < -0.39 is 5.97 Å². The lowest BCUT2D eigenvalue weighted by Crippen LogP contribution is -2.29. The Morgan fingerprint density at radius 3 is 2.61 bits per heavy atom. The average Bonchev–Trinajstić information content (AvgIpc) is 2.52. The number of amides is 1. The highest BCUT2D eigenvalue weighted by Gasteiger charge is 2.04. The molecular formula is C17H18BrNO4. The first-order valence-electron chi connectivity index (χ1n) is 7.35. The number of hydrogen-bond donors (Lipinski definition) is 2. The minimum Gasteiger partial charge on any atom is -0.484 e. The van der Waals surface area contributed by atoms with Gasteiger partial charge in [-0.3, -0.25) is 9.59 Å². The summed E-state index contributed by atoms with van der Waals surface area (Å²) in [5, 5.41) is 13.4. The van der Waals surface area contributed by atoms with Gasteiger partial charge in [-0.15, -0.1) is 0 Å². The zero-order valence-electron chi connectivity index (χ0n) is 12.5. The van der Waals surface area contributed by atoms with Gasteiger partial charge in [0.05, 0.1) is 0 Å². The smallest absolute Gasteiger partial charge is 0.303 e. The average molecular weight is 380 g/mol. The maximum atomic E-state index is 11.7. The van der Waals surface area contributed by atoms with Crippen LogP contribution >= 0.6 is 15.9 Å². The number of aliphatic carboxylic acids is 1. The standard InChI is InChI=1S/C17H18BrNO4/c18-14-6-4-13-10-15(7-5-12(13)9-14)23-11-16(20)19-8-2-1-3-17(21)22/h4-7,9-10H,1-3,8,11H2,(H,19,20)(H,21,22). The minimum atomic E-state index is -0.817. The zero-order valence-corrected chi connectivity index (χ0v) is 14.1. The van der Waals surface area contributed by atoms with Gasteiger partial charge in [-0.25, -0.2) is 0 Å². The zero-order chi connectivity index (χ0) is 16.7. The fourth-order valence-corrected chi connectivity index (χ4v) is 2.49. The number of hydrogen-bond acceptors (Lipinski definition) is 3. The van der Waals surface area contributed by atoms with E-state index in [1.807, 2.05) is 36.4 Å². The van der Waals surface area contributed by atoms with Gasteiger partial charge in [0.1, 0.15) is 5.75 Å². The maximum absolute atomic E-state index is 11.7. The first-order chi connectivity index (χ1) is 11.0. The molecule has 0 aliphatic rings. The lowest BCUT2D eigenvalue weighted by atomic mass is 10.1. The number of unbranched alkanes of at least 4 members (excludes halogenated alkanes) is 1. The number of carbonyl (C=O) groups excluding carboxylic acids is 1. The SMILES string of the molecule is O=C(O)CCCCNC(=O)COc1ccc2cc(Br)ccc2c1. The number of rotatable bonds is 8. The van der Waals surface area contributed by atoms with Gasteiger partial charge in [0, 0.05) is 17.4 Å². The van der Waals surface area contributed by atoms with Gasteiger partial charge >= 0.3 is 5.97 Å². The van der Waals surface area contributed by atoms with E-state index in [4.69, 9.17) is 9.84 Å². The molecule has 0 saturated heterocycles. The van der Waals surface area contributed by atoms with E-state index in [-0.39, 0.29) is 18.9 Å². The van der Waals surface area contributed by atoms with Crippen molar-refractivity contribution in [3.63, 3.8) is 0 Å². The molecule has 0 aliphatic heterocycles. The molecule has 0 aromatic heterocycles. The Morgan fingerprint density at radius 2 is 1.83 bits per heavy atom. The van der Waals surface area contributed by atoms with Crippen LogP contribution in [0.2, 0.25) is 0 Å². The van der Waals surface area contributed by atoms with Crippen molar-refractivity contribution >= 4 is 38.6 Å². The van der Waals surface area contributed by atoms with Gasteiger partial charge in [0.2, 0.25) is 0 Å². The normalized spacial score (nSPS) is 10.5. The van der Waals surface area contributed by atoms with Crippen LogP contribution in [0.25, 0.3) is 10.8 Å². The van der Waals surface area contributed by atoms with Crippen LogP contribution in [0.1, 0.15) is 19.3 Å². The Balaban J connectivity index is 1.76. The van der Waals surface area contributed by atoms with Crippen LogP contribution in [0.15, 0.2) is 40.9 Å². The van der Waals surface area contributed by atoms with Gasteiger partial charge in [-0.2, -0.15) is 0 Å². The van der Waals surface area contributed by atoms with Crippen molar-refractivity contribution in [1.29, 1.82) is 0 Å². The second-order valence-electron chi connectivity index (χ2n) is 5.14. The lowest BCUT2D eigenvalue weighted by molar-refractivity contribution is -0.137. The van der Waals surface area contributed by atoms with E-state index in [1.165, 1.54) is 0 Å². The lowest BCUT2D eigenvalue weighted by Gasteiger charge is -2.08. The summed E-state index contributed by atoms with van der Waals surface area (Å²) in [6.07, 6.45) is 1.32. The molecule has 0 spiro atoms. The number of carbonyl (C=O) groups is 2.